The molecular weight excluding hydrogens is 332 g/mol. The first-order valence-corrected chi connectivity index (χ1v) is 8.52. The van der Waals surface area contributed by atoms with Gasteiger partial charge in [0.1, 0.15) is 12.1 Å². The third kappa shape index (κ3) is 2.83. The van der Waals surface area contributed by atoms with Gasteiger partial charge in [-0.25, -0.2) is 0 Å². The first kappa shape index (κ1) is 16.3. The zero-order valence-electron chi connectivity index (χ0n) is 14.8. The molecule has 0 aliphatic carbocycles. The van der Waals surface area contributed by atoms with Gasteiger partial charge in [-0.2, -0.15) is 9.61 Å². The zero-order chi connectivity index (χ0) is 18.1. The van der Waals surface area contributed by atoms with E-state index in [0.717, 1.165) is 30.1 Å². The summed E-state index contributed by atoms with van der Waals surface area (Å²) in [5.74, 6) is 0.607. The number of hydrogen-bond donors (Lipinski definition) is 0. The number of benzene rings is 1. The van der Waals surface area contributed by atoms with Gasteiger partial charge < -0.3 is 14.5 Å². The Morgan fingerprint density at radius 3 is 2.69 bits per heavy atom. The normalized spacial score (nSPS) is 14.7. The number of fused-ring (bicyclic) bond motifs is 1. The number of nitrogens with zero attached hydrogens (tertiary/aromatic N) is 6. The summed E-state index contributed by atoms with van der Waals surface area (Å²) in [7, 11) is 1.58. The summed E-state index contributed by atoms with van der Waals surface area (Å²) in [6.45, 7) is 4.68. The molecule has 1 saturated heterocycles. The van der Waals surface area contributed by atoms with Gasteiger partial charge in [0.15, 0.2) is 0 Å². The van der Waals surface area contributed by atoms with Crippen molar-refractivity contribution in [1.82, 2.24) is 24.7 Å². The standard InChI is InChI=1S/C18H20N6O2/c1-13-11-15(17-20-19-12-24(17)21-13)22-7-9-23(10-8-22)18(25)14-5-3-4-6-16(14)26-2/h3-6,11-12H,7-10H2,1-2H3. The molecule has 134 valence electrons. The fraction of sp³-hybridized carbons (Fsp3) is 0.333. The van der Waals surface area contributed by atoms with Crippen LogP contribution in [0.4, 0.5) is 5.69 Å². The number of hydrogen-bond acceptors (Lipinski definition) is 6. The summed E-state index contributed by atoms with van der Waals surface area (Å²) < 4.78 is 7.01. The molecule has 0 saturated carbocycles. The average Bonchev–Trinajstić information content (AvgIpc) is 3.15. The van der Waals surface area contributed by atoms with Crippen LogP contribution in [-0.2, 0) is 0 Å². The largest absolute Gasteiger partial charge is 0.496 e. The van der Waals surface area contributed by atoms with E-state index in [1.165, 1.54) is 0 Å². The van der Waals surface area contributed by atoms with Crippen LogP contribution in [0.1, 0.15) is 16.1 Å². The predicted molar refractivity (Wildman–Crippen MR) is 96.6 cm³/mol. The van der Waals surface area contributed by atoms with Crippen LogP contribution < -0.4 is 9.64 Å². The van der Waals surface area contributed by atoms with Crippen LogP contribution in [-0.4, -0.2) is 63.9 Å². The number of ether oxygens (including phenoxy) is 1. The molecule has 1 aliphatic heterocycles. The molecule has 1 amide bonds. The smallest absolute Gasteiger partial charge is 0.257 e. The molecule has 26 heavy (non-hydrogen) atoms. The van der Waals surface area contributed by atoms with Gasteiger partial charge in [0.25, 0.3) is 5.91 Å². The van der Waals surface area contributed by atoms with Gasteiger partial charge in [0, 0.05) is 26.2 Å². The Labute approximate surface area is 151 Å². The second-order valence-electron chi connectivity index (χ2n) is 6.25. The number of para-hydroxylation sites is 1. The molecule has 0 unspecified atom stereocenters. The van der Waals surface area contributed by atoms with E-state index < -0.39 is 0 Å². The molecule has 0 atom stereocenters. The number of aryl methyl sites for hydroxylation is 1. The molecule has 1 aromatic carbocycles. The van der Waals surface area contributed by atoms with Gasteiger partial charge in [-0.1, -0.05) is 12.1 Å². The maximum absolute atomic E-state index is 12.8. The topological polar surface area (TPSA) is 75.9 Å². The summed E-state index contributed by atoms with van der Waals surface area (Å²) in [5, 5.41) is 12.5. The highest BCUT2D eigenvalue weighted by molar-refractivity contribution is 5.97. The lowest BCUT2D eigenvalue weighted by molar-refractivity contribution is 0.0743. The van der Waals surface area contributed by atoms with Crippen LogP contribution in [0.2, 0.25) is 0 Å². The van der Waals surface area contributed by atoms with Gasteiger partial charge in [-0.3, -0.25) is 4.79 Å². The van der Waals surface area contributed by atoms with Crippen molar-refractivity contribution in [2.75, 3.05) is 38.2 Å². The van der Waals surface area contributed by atoms with Crippen LogP contribution in [0.3, 0.4) is 0 Å². The third-order valence-electron chi connectivity index (χ3n) is 4.62. The van der Waals surface area contributed by atoms with Crippen molar-refractivity contribution in [3.8, 4) is 5.75 Å². The van der Waals surface area contributed by atoms with Crippen LogP contribution in [0, 0.1) is 6.92 Å². The van der Waals surface area contributed by atoms with Crippen LogP contribution >= 0.6 is 0 Å². The summed E-state index contributed by atoms with van der Waals surface area (Å²) in [4.78, 5) is 16.9. The minimum atomic E-state index is 0.000587. The second-order valence-corrected chi connectivity index (χ2v) is 6.25. The Hall–Kier alpha value is -3.16. The summed E-state index contributed by atoms with van der Waals surface area (Å²) in [6.07, 6.45) is 1.60. The number of amides is 1. The number of piperazine rings is 1. The molecule has 8 nitrogen and oxygen atoms in total. The van der Waals surface area contributed by atoms with Crippen molar-refractivity contribution in [2.45, 2.75) is 6.92 Å². The van der Waals surface area contributed by atoms with E-state index >= 15 is 0 Å². The Balaban J connectivity index is 1.52. The second kappa shape index (κ2) is 6.62. The molecule has 3 aromatic rings. The zero-order valence-corrected chi connectivity index (χ0v) is 14.8. The first-order chi connectivity index (χ1) is 12.7. The Morgan fingerprint density at radius 1 is 1.15 bits per heavy atom. The molecule has 0 radical (unpaired) electrons. The molecule has 4 rings (SSSR count). The van der Waals surface area contributed by atoms with E-state index in [9.17, 15) is 4.79 Å². The molecule has 2 aromatic heterocycles. The van der Waals surface area contributed by atoms with Crippen molar-refractivity contribution in [1.29, 1.82) is 0 Å². The number of aromatic nitrogens is 4. The van der Waals surface area contributed by atoms with Gasteiger partial charge in [-0.15, -0.1) is 10.2 Å². The number of carbonyl (C=O) groups excluding carboxylic acids is 1. The molecule has 8 heteroatoms. The van der Waals surface area contributed by atoms with E-state index in [0.29, 0.717) is 24.4 Å². The van der Waals surface area contributed by atoms with Gasteiger partial charge >= 0.3 is 0 Å². The lowest BCUT2D eigenvalue weighted by atomic mass is 10.1. The van der Waals surface area contributed by atoms with Crippen LogP contribution in [0.15, 0.2) is 36.7 Å². The maximum Gasteiger partial charge on any atom is 0.257 e. The van der Waals surface area contributed by atoms with Gasteiger partial charge in [0.2, 0.25) is 5.65 Å². The first-order valence-electron chi connectivity index (χ1n) is 8.52. The maximum atomic E-state index is 12.8. The predicted octanol–water partition coefficient (Wildman–Crippen LogP) is 1.40. The molecule has 0 N–H and O–H groups in total. The Morgan fingerprint density at radius 2 is 1.92 bits per heavy atom. The minimum Gasteiger partial charge on any atom is -0.496 e. The summed E-state index contributed by atoms with van der Waals surface area (Å²) in [6, 6.07) is 9.35. The average molecular weight is 352 g/mol. The molecule has 1 aliphatic rings. The molecule has 0 bridgehead atoms. The fourth-order valence-corrected chi connectivity index (χ4v) is 3.31. The van der Waals surface area contributed by atoms with E-state index in [-0.39, 0.29) is 5.91 Å². The third-order valence-corrected chi connectivity index (χ3v) is 4.62. The van der Waals surface area contributed by atoms with Crippen molar-refractivity contribution in [3.05, 3.63) is 47.9 Å². The van der Waals surface area contributed by atoms with E-state index in [1.807, 2.05) is 36.1 Å². The van der Waals surface area contributed by atoms with Gasteiger partial charge in [-0.05, 0) is 25.1 Å². The highest BCUT2D eigenvalue weighted by atomic mass is 16.5. The van der Waals surface area contributed by atoms with E-state index in [1.54, 1.807) is 24.0 Å². The number of rotatable bonds is 3. The fourth-order valence-electron chi connectivity index (χ4n) is 3.31. The van der Waals surface area contributed by atoms with Crippen molar-refractivity contribution < 1.29 is 9.53 Å². The molecular formula is C18H20N6O2. The van der Waals surface area contributed by atoms with E-state index in [2.05, 4.69) is 20.2 Å². The molecule has 0 spiro atoms. The Kier molecular flexibility index (Phi) is 4.16. The number of anilines is 1. The molecule has 1 fully saturated rings. The lowest BCUT2D eigenvalue weighted by Crippen LogP contribution is -2.49. The molecule has 3 heterocycles. The lowest BCUT2D eigenvalue weighted by Gasteiger charge is -2.36. The van der Waals surface area contributed by atoms with E-state index in [4.69, 9.17) is 4.74 Å². The van der Waals surface area contributed by atoms with Crippen LogP contribution in [0.25, 0.3) is 5.65 Å². The Bertz CT molecular complexity index is 946. The van der Waals surface area contributed by atoms with Crippen LogP contribution in [0.5, 0.6) is 5.75 Å². The summed E-state index contributed by atoms with van der Waals surface area (Å²) >= 11 is 0. The highest BCUT2D eigenvalue weighted by Gasteiger charge is 2.25. The SMILES string of the molecule is COc1ccccc1C(=O)N1CCN(c2cc(C)nn3cnnc23)CC1. The monoisotopic (exact) mass is 352 g/mol. The van der Waals surface area contributed by atoms with Crippen molar-refractivity contribution in [3.63, 3.8) is 0 Å². The van der Waals surface area contributed by atoms with Gasteiger partial charge in [0.05, 0.1) is 24.1 Å². The highest BCUT2D eigenvalue weighted by Crippen LogP contribution is 2.24. The van der Waals surface area contributed by atoms with Crippen molar-refractivity contribution in [2.24, 2.45) is 0 Å². The quantitative estimate of drug-likeness (QED) is 0.709. The minimum absolute atomic E-state index is 0.000587. The number of carbonyl (C=O) groups is 1. The number of methoxy groups -OCH3 is 1. The summed E-state index contributed by atoms with van der Waals surface area (Å²) in [5.41, 5.74) is 3.24. The van der Waals surface area contributed by atoms with Crippen molar-refractivity contribution >= 4 is 17.2 Å².